The van der Waals surface area contributed by atoms with E-state index in [2.05, 4.69) is 12.2 Å². The molecule has 0 aliphatic heterocycles. The van der Waals surface area contributed by atoms with Crippen LogP contribution in [0.25, 0.3) is 0 Å². The van der Waals surface area contributed by atoms with Gasteiger partial charge in [0, 0.05) is 12.6 Å². The molecule has 90 valence electrons. The van der Waals surface area contributed by atoms with Crippen molar-refractivity contribution >= 4 is 0 Å². The van der Waals surface area contributed by atoms with Crippen molar-refractivity contribution in [3.8, 4) is 0 Å². The second-order valence-electron chi connectivity index (χ2n) is 4.45. The molecule has 0 amide bonds. The first-order valence-corrected chi connectivity index (χ1v) is 5.81. The minimum Gasteiger partial charge on any atom is -0.314 e. The van der Waals surface area contributed by atoms with Gasteiger partial charge in [-0.2, -0.15) is 13.2 Å². The van der Waals surface area contributed by atoms with Crippen LogP contribution in [-0.2, 0) is 0 Å². The number of hydrogen-bond acceptors (Lipinski definition) is 1. The molecule has 0 saturated heterocycles. The van der Waals surface area contributed by atoms with E-state index in [1.165, 1.54) is 19.3 Å². The molecule has 0 aromatic carbocycles. The van der Waals surface area contributed by atoms with Crippen LogP contribution in [0.4, 0.5) is 13.2 Å². The Hall–Kier alpha value is -0.250. The molecule has 0 spiro atoms. The second-order valence-corrected chi connectivity index (χ2v) is 4.45. The zero-order valence-electron chi connectivity index (χ0n) is 9.24. The Morgan fingerprint density at radius 1 is 1.13 bits per heavy atom. The van der Waals surface area contributed by atoms with Gasteiger partial charge in [-0.25, -0.2) is 0 Å². The van der Waals surface area contributed by atoms with E-state index in [1.54, 1.807) is 0 Å². The number of rotatable bonds is 4. The zero-order valence-corrected chi connectivity index (χ0v) is 9.24. The maximum Gasteiger partial charge on any atom is 0.390 e. The fourth-order valence-electron chi connectivity index (χ4n) is 2.19. The quantitative estimate of drug-likeness (QED) is 0.769. The molecule has 1 N–H and O–H groups in total. The first kappa shape index (κ1) is 12.8. The third kappa shape index (κ3) is 5.40. The summed E-state index contributed by atoms with van der Waals surface area (Å²) in [5.74, 6) is 0.797. The Morgan fingerprint density at radius 2 is 1.73 bits per heavy atom. The third-order valence-corrected chi connectivity index (χ3v) is 3.27. The highest BCUT2D eigenvalue weighted by molar-refractivity contribution is 4.76. The molecule has 0 aromatic heterocycles. The van der Waals surface area contributed by atoms with Crippen LogP contribution < -0.4 is 5.32 Å². The average Bonchev–Trinajstić information content (AvgIpc) is 2.17. The van der Waals surface area contributed by atoms with Gasteiger partial charge in [-0.3, -0.25) is 0 Å². The van der Waals surface area contributed by atoms with Crippen molar-refractivity contribution < 1.29 is 13.2 Å². The van der Waals surface area contributed by atoms with Crippen LogP contribution in [0.15, 0.2) is 0 Å². The average molecular weight is 223 g/mol. The van der Waals surface area contributed by atoms with Gasteiger partial charge in [0.15, 0.2) is 0 Å². The summed E-state index contributed by atoms with van der Waals surface area (Å²) in [5, 5.41) is 3.00. The van der Waals surface area contributed by atoms with Gasteiger partial charge in [-0.05, 0) is 31.6 Å². The fourth-order valence-corrected chi connectivity index (χ4v) is 2.19. The normalized spacial score (nSPS) is 28.0. The van der Waals surface area contributed by atoms with E-state index in [1.807, 2.05) is 0 Å². The van der Waals surface area contributed by atoms with Crippen molar-refractivity contribution in [3.05, 3.63) is 0 Å². The maximum atomic E-state index is 11.9. The molecule has 1 saturated carbocycles. The summed E-state index contributed by atoms with van der Waals surface area (Å²) in [6.07, 6.45) is 0.886. The molecular weight excluding hydrogens is 203 g/mol. The molecule has 4 heteroatoms. The minimum atomic E-state index is -4.02. The van der Waals surface area contributed by atoms with E-state index in [4.69, 9.17) is 0 Å². The molecule has 1 fully saturated rings. The molecular formula is C11H20F3N. The summed E-state index contributed by atoms with van der Waals surface area (Å²) in [7, 11) is 0. The fraction of sp³-hybridized carbons (Fsp3) is 1.00. The van der Waals surface area contributed by atoms with E-state index in [-0.39, 0.29) is 6.54 Å². The molecule has 1 aliphatic rings. The lowest BCUT2D eigenvalue weighted by Crippen LogP contribution is -2.35. The van der Waals surface area contributed by atoms with E-state index in [0.717, 1.165) is 18.8 Å². The van der Waals surface area contributed by atoms with Crippen molar-refractivity contribution in [3.63, 3.8) is 0 Å². The molecule has 0 radical (unpaired) electrons. The van der Waals surface area contributed by atoms with Crippen molar-refractivity contribution in [1.82, 2.24) is 5.32 Å². The van der Waals surface area contributed by atoms with Crippen LogP contribution in [0.5, 0.6) is 0 Å². The summed E-state index contributed by atoms with van der Waals surface area (Å²) < 4.78 is 35.7. The molecule has 0 bridgehead atoms. The summed E-state index contributed by atoms with van der Waals surface area (Å²) in [4.78, 5) is 0. The predicted octanol–water partition coefficient (Wildman–Crippen LogP) is 3.50. The Kier molecular flexibility index (Phi) is 4.90. The van der Waals surface area contributed by atoms with E-state index >= 15 is 0 Å². The lowest BCUT2D eigenvalue weighted by Gasteiger charge is -2.28. The standard InChI is InChI=1S/C11H20F3N/c1-2-9-3-5-10(6-4-9)15-8-7-11(12,13)14/h9-10,15H,2-8H2,1H3. The first-order chi connectivity index (χ1) is 7.01. The Morgan fingerprint density at radius 3 is 2.20 bits per heavy atom. The monoisotopic (exact) mass is 223 g/mol. The maximum absolute atomic E-state index is 11.9. The van der Waals surface area contributed by atoms with E-state index < -0.39 is 12.6 Å². The number of hydrogen-bond donors (Lipinski definition) is 1. The van der Waals surface area contributed by atoms with E-state index in [9.17, 15) is 13.2 Å². The lowest BCUT2D eigenvalue weighted by molar-refractivity contribution is -0.133. The summed E-state index contributed by atoms with van der Waals surface area (Å²) in [6, 6.07) is 0.315. The zero-order chi connectivity index (χ0) is 11.3. The summed E-state index contributed by atoms with van der Waals surface area (Å²) in [6.45, 7) is 2.26. The third-order valence-electron chi connectivity index (χ3n) is 3.27. The number of halogens is 3. The Labute approximate surface area is 89.4 Å². The van der Waals surface area contributed by atoms with Crippen LogP contribution in [0.1, 0.15) is 45.4 Å². The first-order valence-electron chi connectivity index (χ1n) is 5.81. The lowest BCUT2D eigenvalue weighted by atomic mass is 9.84. The summed E-state index contributed by atoms with van der Waals surface area (Å²) in [5.41, 5.74) is 0. The Bertz CT molecular complexity index is 171. The van der Waals surface area contributed by atoms with Gasteiger partial charge in [0.1, 0.15) is 0 Å². The van der Waals surface area contributed by atoms with Crippen molar-refractivity contribution in [2.45, 2.75) is 57.7 Å². The molecule has 1 nitrogen and oxygen atoms in total. The molecule has 0 atom stereocenters. The van der Waals surface area contributed by atoms with Crippen LogP contribution in [0.2, 0.25) is 0 Å². The largest absolute Gasteiger partial charge is 0.390 e. The van der Waals surface area contributed by atoms with Gasteiger partial charge in [0.05, 0.1) is 6.42 Å². The number of nitrogens with one attached hydrogen (secondary N) is 1. The molecule has 0 heterocycles. The van der Waals surface area contributed by atoms with Gasteiger partial charge in [0.2, 0.25) is 0 Å². The van der Waals surface area contributed by atoms with Crippen molar-refractivity contribution in [2.75, 3.05) is 6.54 Å². The molecule has 1 rings (SSSR count). The highest BCUT2D eigenvalue weighted by atomic mass is 19.4. The molecule has 0 aromatic rings. The predicted molar refractivity (Wildman–Crippen MR) is 54.7 cm³/mol. The minimum absolute atomic E-state index is 0.0744. The molecule has 0 unspecified atom stereocenters. The molecule has 1 aliphatic carbocycles. The van der Waals surface area contributed by atoms with Crippen molar-refractivity contribution in [1.29, 1.82) is 0 Å². The van der Waals surface area contributed by atoms with Crippen LogP contribution >= 0.6 is 0 Å². The number of alkyl halides is 3. The Balaban J connectivity index is 2.09. The van der Waals surface area contributed by atoms with Crippen molar-refractivity contribution in [2.24, 2.45) is 5.92 Å². The summed E-state index contributed by atoms with van der Waals surface area (Å²) >= 11 is 0. The topological polar surface area (TPSA) is 12.0 Å². The highest BCUT2D eigenvalue weighted by Gasteiger charge is 2.27. The van der Waals surface area contributed by atoms with Gasteiger partial charge < -0.3 is 5.32 Å². The highest BCUT2D eigenvalue weighted by Crippen LogP contribution is 2.26. The second kappa shape index (κ2) is 5.73. The van der Waals surface area contributed by atoms with Gasteiger partial charge in [-0.15, -0.1) is 0 Å². The van der Waals surface area contributed by atoms with Crippen LogP contribution in [0, 0.1) is 5.92 Å². The van der Waals surface area contributed by atoms with Crippen LogP contribution in [0.3, 0.4) is 0 Å². The van der Waals surface area contributed by atoms with Gasteiger partial charge in [-0.1, -0.05) is 13.3 Å². The smallest absolute Gasteiger partial charge is 0.314 e. The SMILES string of the molecule is CCC1CCC(NCCC(F)(F)F)CC1. The van der Waals surface area contributed by atoms with Gasteiger partial charge >= 0.3 is 6.18 Å². The van der Waals surface area contributed by atoms with Gasteiger partial charge in [0.25, 0.3) is 0 Å². The van der Waals surface area contributed by atoms with Crippen LogP contribution in [-0.4, -0.2) is 18.8 Å². The molecule has 15 heavy (non-hydrogen) atoms. The van der Waals surface area contributed by atoms with E-state index in [0.29, 0.717) is 6.04 Å².